The number of aliphatic imine (C=N–C) groups is 1. The molecule has 104 valence electrons. The topological polar surface area (TPSA) is 50.9 Å². The zero-order chi connectivity index (χ0) is 13.0. The SMILES string of the molecule is CCC1COC(C)CN1C(N)=NC1CCCCC1. The first-order valence-corrected chi connectivity index (χ1v) is 7.42. The molecule has 0 aromatic rings. The first kappa shape index (κ1) is 13.7. The molecule has 1 saturated carbocycles. The highest BCUT2D eigenvalue weighted by molar-refractivity contribution is 5.78. The molecule has 2 atom stereocenters. The minimum absolute atomic E-state index is 0.257. The Morgan fingerprint density at radius 1 is 1.33 bits per heavy atom. The molecule has 2 N–H and O–H groups in total. The second kappa shape index (κ2) is 6.41. The number of hydrogen-bond acceptors (Lipinski definition) is 2. The summed E-state index contributed by atoms with van der Waals surface area (Å²) in [5, 5.41) is 0. The van der Waals surface area contributed by atoms with Crippen molar-refractivity contribution in [2.75, 3.05) is 13.2 Å². The number of morpholine rings is 1. The molecule has 1 aliphatic carbocycles. The van der Waals surface area contributed by atoms with Crippen LogP contribution in [0, 0.1) is 0 Å². The molecule has 4 nitrogen and oxygen atoms in total. The molecule has 1 saturated heterocycles. The van der Waals surface area contributed by atoms with E-state index in [0.29, 0.717) is 12.1 Å². The summed E-state index contributed by atoms with van der Waals surface area (Å²) in [7, 11) is 0. The number of rotatable bonds is 2. The van der Waals surface area contributed by atoms with E-state index in [4.69, 9.17) is 15.5 Å². The molecule has 2 aliphatic rings. The van der Waals surface area contributed by atoms with Gasteiger partial charge in [0.2, 0.25) is 0 Å². The minimum Gasteiger partial charge on any atom is -0.375 e. The third-order valence-electron chi connectivity index (χ3n) is 4.12. The number of nitrogens with two attached hydrogens (primary N) is 1. The maximum absolute atomic E-state index is 6.23. The van der Waals surface area contributed by atoms with E-state index >= 15 is 0 Å². The molecule has 1 heterocycles. The molecule has 0 aromatic carbocycles. The third kappa shape index (κ3) is 3.37. The van der Waals surface area contributed by atoms with Gasteiger partial charge in [0.05, 0.1) is 24.8 Å². The van der Waals surface area contributed by atoms with Crippen molar-refractivity contribution in [1.29, 1.82) is 0 Å². The van der Waals surface area contributed by atoms with E-state index in [2.05, 4.69) is 18.7 Å². The summed E-state index contributed by atoms with van der Waals surface area (Å²) >= 11 is 0. The van der Waals surface area contributed by atoms with Crippen molar-refractivity contribution in [2.24, 2.45) is 10.7 Å². The van der Waals surface area contributed by atoms with Gasteiger partial charge in [0.25, 0.3) is 0 Å². The molecule has 0 spiro atoms. The van der Waals surface area contributed by atoms with Crippen molar-refractivity contribution < 1.29 is 4.74 Å². The summed E-state index contributed by atoms with van der Waals surface area (Å²) in [4.78, 5) is 7.01. The van der Waals surface area contributed by atoms with Gasteiger partial charge in [-0.2, -0.15) is 0 Å². The number of nitrogens with zero attached hydrogens (tertiary/aromatic N) is 2. The van der Waals surface area contributed by atoms with Crippen LogP contribution in [0.15, 0.2) is 4.99 Å². The Morgan fingerprint density at radius 2 is 2.06 bits per heavy atom. The lowest BCUT2D eigenvalue weighted by Crippen LogP contribution is -2.54. The van der Waals surface area contributed by atoms with Crippen LogP contribution >= 0.6 is 0 Å². The summed E-state index contributed by atoms with van der Waals surface area (Å²) in [6, 6.07) is 0.850. The van der Waals surface area contributed by atoms with Gasteiger partial charge < -0.3 is 15.4 Å². The van der Waals surface area contributed by atoms with Gasteiger partial charge >= 0.3 is 0 Å². The number of hydrogen-bond donors (Lipinski definition) is 1. The van der Waals surface area contributed by atoms with E-state index in [9.17, 15) is 0 Å². The Hall–Kier alpha value is -0.770. The Labute approximate surface area is 111 Å². The molecule has 0 aromatic heterocycles. The lowest BCUT2D eigenvalue weighted by molar-refractivity contribution is -0.0290. The monoisotopic (exact) mass is 253 g/mol. The average Bonchev–Trinajstić information content (AvgIpc) is 2.40. The summed E-state index contributed by atoms with van der Waals surface area (Å²) in [5.41, 5.74) is 6.23. The summed E-state index contributed by atoms with van der Waals surface area (Å²) < 4.78 is 5.70. The van der Waals surface area contributed by atoms with Crippen LogP contribution in [0.25, 0.3) is 0 Å². The van der Waals surface area contributed by atoms with Crippen LogP contribution in [-0.2, 0) is 4.74 Å². The van der Waals surface area contributed by atoms with Crippen molar-refractivity contribution >= 4 is 5.96 Å². The van der Waals surface area contributed by atoms with Gasteiger partial charge in [-0.3, -0.25) is 0 Å². The lowest BCUT2D eigenvalue weighted by atomic mass is 9.96. The van der Waals surface area contributed by atoms with E-state index in [1.54, 1.807) is 0 Å². The number of guanidine groups is 1. The molecular weight excluding hydrogens is 226 g/mol. The largest absolute Gasteiger partial charge is 0.375 e. The van der Waals surface area contributed by atoms with Crippen molar-refractivity contribution in [2.45, 2.75) is 70.6 Å². The maximum Gasteiger partial charge on any atom is 0.191 e. The maximum atomic E-state index is 6.23. The predicted molar refractivity (Wildman–Crippen MR) is 74.7 cm³/mol. The molecule has 18 heavy (non-hydrogen) atoms. The molecule has 2 unspecified atom stereocenters. The van der Waals surface area contributed by atoms with Crippen LogP contribution < -0.4 is 5.73 Å². The van der Waals surface area contributed by atoms with Crippen LogP contribution in [0.3, 0.4) is 0 Å². The molecule has 1 aliphatic heterocycles. The van der Waals surface area contributed by atoms with Gasteiger partial charge in [-0.1, -0.05) is 26.2 Å². The molecule has 2 fully saturated rings. The van der Waals surface area contributed by atoms with Gasteiger partial charge in [0.15, 0.2) is 5.96 Å². The highest BCUT2D eigenvalue weighted by Gasteiger charge is 2.27. The van der Waals surface area contributed by atoms with Crippen LogP contribution in [0.4, 0.5) is 0 Å². The van der Waals surface area contributed by atoms with Crippen LogP contribution in [0.1, 0.15) is 52.4 Å². The first-order chi connectivity index (χ1) is 8.70. The fourth-order valence-electron chi connectivity index (χ4n) is 2.93. The fourth-order valence-corrected chi connectivity index (χ4v) is 2.93. The second-order valence-electron chi connectivity index (χ2n) is 5.64. The van der Waals surface area contributed by atoms with E-state index < -0.39 is 0 Å². The highest BCUT2D eigenvalue weighted by Crippen LogP contribution is 2.21. The van der Waals surface area contributed by atoms with E-state index in [-0.39, 0.29) is 6.10 Å². The van der Waals surface area contributed by atoms with Gasteiger partial charge in [0, 0.05) is 6.54 Å². The number of ether oxygens (including phenoxy) is 1. The summed E-state index contributed by atoms with van der Waals surface area (Å²) in [5.74, 6) is 0.740. The summed E-state index contributed by atoms with van der Waals surface area (Å²) in [6.45, 7) is 5.94. The van der Waals surface area contributed by atoms with Gasteiger partial charge in [-0.15, -0.1) is 0 Å². The Bertz CT molecular complexity index is 287. The van der Waals surface area contributed by atoms with Crippen LogP contribution in [-0.4, -0.2) is 42.2 Å². The van der Waals surface area contributed by atoms with E-state index in [1.165, 1.54) is 32.1 Å². The van der Waals surface area contributed by atoms with Crippen molar-refractivity contribution in [3.63, 3.8) is 0 Å². The first-order valence-electron chi connectivity index (χ1n) is 7.42. The quantitative estimate of drug-likeness (QED) is 0.606. The zero-order valence-corrected chi connectivity index (χ0v) is 11.8. The van der Waals surface area contributed by atoms with Crippen molar-refractivity contribution in [3.05, 3.63) is 0 Å². The highest BCUT2D eigenvalue weighted by atomic mass is 16.5. The van der Waals surface area contributed by atoms with Crippen molar-refractivity contribution in [3.8, 4) is 0 Å². The Balaban J connectivity index is 1.99. The van der Waals surface area contributed by atoms with Gasteiger partial charge in [0.1, 0.15) is 0 Å². The van der Waals surface area contributed by atoms with E-state index in [1.807, 2.05) is 0 Å². The van der Waals surface area contributed by atoms with Crippen molar-refractivity contribution in [1.82, 2.24) is 4.90 Å². The predicted octanol–water partition coefficient (Wildman–Crippen LogP) is 2.13. The fraction of sp³-hybridized carbons (Fsp3) is 0.929. The molecule has 0 radical (unpaired) electrons. The third-order valence-corrected chi connectivity index (χ3v) is 4.12. The lowest BCUT2D eigenvalue weighted by Gasteiger charge is -2.39. The van der Waals surface area contributed by atoms with Gasteiger partial charge in [-0.05, 0) is 26.2 Å². The van der Waals surface area contributed by atoms with Crippen LogP contribution in [0.5, 0.6) is 0 Å². The zero-order valence-electron chi connectivity index (χ0n) is 11.8. The van der Waals surface area contributed by atoms with E-state index in [0.717, 1.165) is 25.5 Å². The smallest absolute Gasteiger partial charge is 0.191 e. The normalized spacial score (nSPS) is 31.7. The molecule has 0 bridgehead atoms. The Morgan fingerprint density at radius 3 is 2.72 bits per heavy atom. The van der Waals surface area contributed by atoms with Crippen LogP contribution in [0.2, 0.25) is 0 Å². The molecular formula is C14H27N3O. The molecule has 0 amide bonds. The summed E-state index contributed by atoms with van der Waals surface area (Å²) in [6.07, 6.45) is 7.70. The standard InChI is InChI=1S/C14H27N3O/c1-3-13-10-18-11(2)9-17(13)14(15)16-12-7-5-4-6-8-12/h11-13H,3-10H2,1-2H3,(H2,15,16). The second-order valence-corrected chi connectivity index (χ2v) is 5.64. The Kier molecular flexibility index (Phi) is 4.87. The minimum atomic E-state index is 0.257. The molecule has 4 heteroatoms. The molecule has 2 rings (SSSR count). The van der Waals surface area contributed by atoms with Gasteiger partial charge in [-0.25, -0.2) is 4.99 Å². The average molecular weight is 253 g/mol.